The maximum Gasteiger partial charge on any atom is 0.275 e. The maximum atomic E-state index is 14.8. The van der Waals surface area contributed by atoms with E-state index in [1.165, 1.54) is 32.3 Å². The van der Waals surface area contributed by atoms with E-state index in [0.29, 0.717) is 48.5 Å². The van der Waals surface area contributed by atoms with Crippen molar-refractivity contribution >= 4 is 23.6 Å². The fraction of sp³-hybridized carbons (Fsp3) is 0.684. The first-order valence-corrected chi connectivity index (χ1v) is 17.9. The number of carbonyl (C=O) groups excluding carboxylic acids is 1. The van der Waals surface area contributed by atoms with Crippen molar-refractivity contribution in [2.75, 3.05) is 18.5 Å². The SMILES string of the molecule is C=C(O)CC[C@@H](C)C1CCC2C3CCC4CC(OCCNc5c(F)cc(/C=C(\C)C(=O)N=C(N)N)cc5F)CCC4(C)C3C[C@H](O)C21C. The highest BCUT2D eigenvalue weighted by molar-refractivity contribution is 6.03. The fourth-order valence-electron chi connectivity index (χ4n) is 10.7. The molecule has 48 heavy (non-hydrogen) atoms. The molecule has 4 aliphatic rings. The quantitative estimate of drug-likeness (QED) is 0.0557. The van der Waals surface area contributed by atoms with Gasteiger partial charge in [-0.25, -0.2) is 8.78 Å². The van der Waals surface area contributed by atoms with E-state index in [-0.39, 0.29) is 58.1 Å². The number of hydrogen-bond acceptors (Lipinski definition) is 5. The Hall–Kier alpha value is -2.98. The van der Waals surface area contributed by atoms with Crippen LogP contribution >= 0.6 is 0 Å². The topological polar surface area (TPSA) is 143 Å². The molecule has 0 radical (unpaired) electrons. The molecular formula is C38H56F2N4O4. The van der Waals surface area contributed by atoms with Crippen molar-refractivity contribution in [2.24, 2.45) is 62.8 Å². The lowest BCUT2D eigenvalue weighted by Gasteiger charge is -2.62. The molecule has 1 amide bonds. The first-order valence-electron chi connectivity index (χ1n) is 17.9. The molecule has 0 aromatic heterocycles. The second kappa shape index (κ2) is 14.5. The van der Waals surface area contributed by atoms with Crippen molar-refractivity contribution in [3.8, 4) is 0 Å². The number of rotatable bonds is 11. The van der Waals surface area contributed by atoms with E-state index in [1.54, 1.807) is 0 Å². The van der Waals surface area contributed by atoms with Gasteiger partial charge in [-0.2, -0.15) is 4.99 Å². The Morgan fingerprint density at radius 1 is 1.15 bits per heavy atom. The van der Waals surface area contributed by atoms with Crippen LogP contribution in [0.2, 0.25) is 0 Å². The number of aliphatic imine (C=N–C) groups is 1. The summed E-state index contributed by atoms with van der Waals surface area (Å²) >= 11 is 0. The molecule has 7 N–H and O–H groups in total. The van der Waals surface area contributed by atoms with Crippen molar-refractivity contribution in [3.63, 3.8) is 0 Å². The van der Waals surface area contributed by atoms with E-state index in [1.807, 2.05) is 0 Å². The summed E-state index contributed by atoms with van der Waals surface area (Å²) in [6, 6.07) is 2.31. The molecule has 10 atom stereocenters. The molecule has 1 aromatic rings. The smallest absolute Gasteiger partial charge is 0.275 e. The van der Waals surface area contributed by atoms with Crippen molar-refractivity contribution < 1.29 is 28.5 Å². The van der Waals surface area contributed by atoms with Gasteiger partial charge in [0.25, 0.3) is 5.91 Å². The molecule has 5 rings (SSSR count). The number of benzene rings is 1. The zero-order valence-corrected chi connectivity index (χ0v) is 29.1. The Morgan fingerprint density at radius 2 is 1.85 bits per heavy atom. The van der Waals surface area contributed by atoms with Gasteiger partial charge in [0.05, 0.1) is 24.6 Å². The minimum Gasteiger partial charge on any atom is -0.513 e. The summed E-state index contributed by atoms with van der Waals surface area (Å²) in [7, 11) is 0. The van der Waals surface area contributed by atoms with Gasteiger partial charge in [-0.05, 0) is 135 Å². The molecule has 4 fully saturated rings. The molecular weight excluding hydrogens is 614 g/mol. The number of guanidine groups is 1. The van der Waals surface area contributed by atoms with E-state index in [4.69, 9.17) is 16.2 Å². The molecule has 8 unspecified atom stereocenters. The summed E-state index contributed by atoms with van der Waals surface area (Å²) in [4.78, 5) is 15.4. The molecule has 0 spiro atoms. The fourth-order valence-corrected chi connectivity index (χ4v) is 10.7. The number of nitrogens with zero attached hydrogens (tertiary/aromatic N) is 1. The third-order valence-electron chi connectivity index (χ3n) is 13.1. The van der Waals surface area contributed by atoms with Crippen LogP contribution in [0, 0.1) is 58.0 Å². The van der Waals surface area contributed by atoms with Crippen LogP contribution in [0.15, 0.2) is 35.0 Å². The Balaban J connectivity index is 1.14. The number of hydrogen-bond donors (Lipinski definition) is 5. The number of amides is 1. The highest BCUT2D eigenvalue weighted by Crippen LogP contribution is 2.68. The summed E-state index contributed by atoms with van der Waals surface area (Å²) in [5.41, 5.74) is 10.7. The summed E-state index contributed by atoms with van der Waals surface area (Å²) in [5, 5.41) is 24.4. The minimum absolute atomic E-state index is 0.0730. The summed E-state index contributed by atoms with van der Waals surface area (Å²) in [6.07, 6.45) is 11.2. The number of aliphatic hydroxyl groups is 2. The van der Waals surface area contributed by atoms with Crippen LogP contribution in [-0.2, 0) is 9.53 Å². The van der Waals surface area contributed by atoms with Crippen molar-refractivity contribution in [1.82, 2.24) is 0 Å². The van der Waals surface area contributed by atoms with Crippen LogP contribution in [0.1, 0.15) is 97.5 Å². The lowest BCUT2D eigenvalue weighted by atomic mass is 9.43. The normalized spacial score (nSPS) is 35.1. The molecule has 0 aliphatic heterocycles. The Bertz CT molecular complexity index is 1410. The molecule has 4 aliphatic carbocycles. The monoisotopic (exact) mass is 670 g/mol. The number of anilines is 1. The van der Waals surface area contributed by atoms with Gasteiger partial charge in [-0.1, -0.05) is 27.4 Å². The van der Waals surface area contributed by atoms with Crippen LogP contribution in [0.3, 0.4) is 0 Å². The highest BCUT2D eigenvalue weighted by atomic mass is 19.1. The summed E-state index contributed by atoms with van der Waals surface area (Å²) in [5.74, 6) is 0.788. The second-order valence-electron chi connectivity index (χ2n) is 15.8. The highest BCUT2D eigenvalue weighted by Gasteiger charge is 2.63. The average Bonchev–Trinajstić information content (AvgIpc) is 3.38. The van der Waals surface area contributed by atoms with E-state index in [2.05, 4.69) is 37.7 Å². The number of allylic oxidation sites excluding steroid dienone is 1. The number of ether oxygens (including phenoxy) is 1. The van der Waals surface area contributed by atoms with Crippen LogP contribution in [0.4, 0.5) is 14.5 Å². The van der Waals surface area contributed by atoms with Gasteiger partial charge >= 0.3 is 0 Å². The number of aliphatic hydroxyl groups excluding tert-OH is 2. The molecule has 0 bridgehead atoms. The predicted molar refractivity (Wildman–Crippen MR) is 186 cm³/mol. The lowest BCUT2D eigenvalue weighted by molar-refractivity contribution is -0.177. The summed E-state index contributed by atoms with van der Waals surface area (Å²) in [6.45, 7) is 12.8. The first kappa shape index (κ1) is 36.3. The van der Waals surface area contributed by atoms with Crippen molar-refractivity contribution in [2.45, 2.75) is 104 Å². The molecule has 266 valence electrons. The molecule has 1 aromatic carbocycles. The molecule has 8 nitrogen and oxygen atoms in total. The number of halogens is 2. The Labute approximate surface area is 284 Å². The Morgan fingerprint density at radius 3 is 2.52 bits per heavy atom. The number of carbonyl (C=O) groups is 1. The van der Waals surface area contributed by atoms with Gasteiger partial charge in [0, 0.05) is 18.5 Å². The van der Waals surface area contributed by atoms with Gasteiger partial charge < -0.3 is 31.7 Å². The van der Waals surface area contributed by atoms with Gasteiger partial charge in [0.2, 0.25) is 0 Å². The van der Waals surface area contributed by atoms with Crippen LogP contribution in [0.5, 0.6) is 0 Å². The van der Waals surface area contributed by atoms with Gasteiger partial charge in [0.15, 0.2) is 5.96 Å². The third-order valence-corrected chi connectivity index (χ3v) is 13.1. The summed E-state index contributed by atoms with van der Waals surface area (Å²) < 4.78 is 35.9. The second-order valence-corrected chi connectivity index (χ2v) is 15.8. The number of nitrogens with two attached hydrogens (primary N) is 2. The van der Waals surface area contributed by atoms with Crippen molar-refractivity contribution in [3.05, 3.63) is 47.2 Å². The maximum absolute atomic E-state index is 14.8. The van der Waals surface area contributed by atoms with Crippen LogP contribution in [-0.4, -0.2) is 47.4 Å². The van der Waals surface area contributed by atoms with Crippen molar-refractivity contribution in [1.29, 1.82) is 0 Å². The zero-order valence-electron chi connectivity index (χ0n) is 29.1. The molecule has 10 heteroatoms. The van der Waals surface area contributed by atoms with E-state index in [0.717, 1.165) is 50.7 Å². The van der Waals surface area contributed by atoms with Gasteiger partial charge in [0.1, 0.15) is 17.3 Å². The number of fused-ring (bicyclic) bond motifs is 5. The zero-order chi connectivity index (χ0) is 35.0. The van der Waals surface area contributed by atoms with E-state index < -0.39 is 17.5 Å². The molecule has 0 heterocycles. The molecule has 0 saturated heterocycles. The van der Waals surface area contributed by atoms with Gasteiger partial charge in [-0.15, -0.1) is 0 Å². The predicted octanol–water partition coefficient (Wildman–Crippen LogP) is 7.08. The average molecular weight is 671 g/mol. The van der Waals surface area contributed by atoms with Gasteiger partial charge in [-0.3, -0.25) is 4.79 Å². The number of nitrogens with one attached hydrogen (secondary N) is 1. The van der Waals surface area contributed by atoms with Crippen LogP contribution in [0.25, 0.3) is 6.08 Å². The molecule has 4 saturated carbocycles. The van der Waals surface area contributed by atoms with Crippen LogP contribution < -0.4 is 16.8 Å². The minimum atomic E-state index is -0.765. The third kappa shape index (κ3) is 7.16. The standard InChI is InChI=1S/C38H56F2N4O4/c1-21(6-7-23(3)45)28-10-11-29-27-9-8-25-19-26(12-13-37(25,4)30(27)20-33(46)38(28,29)5)48-15-14-43-34-31(39)17-24(18-32(34)40)16-22(2)35(47)44-36(41)42/h16-18,21,25-30,33,43,45-46H,3,6-15,19-20H2,1-2,4-5H3,(H4,41,42,44,47)/b22-16+/t21-,25?,26?,27?,28?,29?,30?,33+,37?,38?/m1/s1. The first-order chi connectivity index (χ1) is 22.6. The lowest BCUT2D eigenvalue weighted by Crippen LogP contribution is -2.59. The van der Waals surface area contributed by atoms with E-state index >= 15 is 0 Å². The Kier molecular flexibility index (Phi) is 10.9. The largest absolute Gasteiger partial charge is 0.513 e. The van der Waals surface area contributed by atoms with E-state index in [9.17, 15) is 23.8 Å².